The van der Waals surface area contributed by atoms with E-state index in [1.165, 1.54) is 0 Å². The van der Waals surface area contributed by atoms with Crippen LogP contribution in [0.2, 0.25) is 0 Å². The van der Waals surface area contributed by atoms with Gasteiger partial charge in [0.1, 0.15) is 0 Å². The van der Waals surface area contributed by atoms with Gasteiger partial charge in [-0.15, -0.1) is 0 Å². The third kappa shape index (κ3) is 5.09. The summed E-state index contributed by atoms with van der Waals surface area (Å²) in [7, 11) is 0. The fourth-order valence-electron chi connectivity index (χ4n) is 1.77. The van der Waals surface area contributed by atoms with E-state index in [4.69, 9.17) is 11.5 Å². The number of rotatable bonds is 6. The van der Waals surface area contributed by atoms with Crippen LogP contribution in [0.5, 0.6) is 0 Å². The maximum atomic E-state index is 11.7. The van der Waals surface area contributed by atoms with E-state index >= 15 is 0 Å². The Balaban J connectivity index is 2.54. The van der Waals surface area contributed by atoms with Crippen LogP contribution in [0.25, 0.3) is 0 Å². The second-order valence-corrected chi connectivity index (χ2v) is 5.02. The van der Waals surface area contributed by atoms with Crippen molar-refractivity contribution in [3.8, 4) is 0 Å². The van der Waals surface area contributed by atoms with Crippen LogP contribution in [0.3, 0.4) is 0 Å². The number of benzene rings is 1. The van der Waals surface area contributed by atoms with E-state index in [-0.39, 0.29) is 5.91 Å². The first-order valence-corrected chi connectivity index (χ1v) is 6.32. The summed E-state index contributed by atoms with van der Waals surface area (Å²) in [5, 5.41) is 2.75. The zero-order valence-electron chi connectivity index (χ0n) is 11.3. The van der Waals surface area contributed by atoms with Crippen molar-refractivity contribution in [1.82, 2.24) is 5.32 Å². The monoisotopic (exact) mass is 263 g/mol. The quantitative estimate of drug-likeness (QED) is 0.707. The van der Waals surface area contributed by atoms with Crippen molar-refractivity contribution in [3.63, 3.8) is 0 Å². The number of nitrogens with one attached hydrogen (secondary N) is 1. The fraction of sp³-hybridized carbons (Fsp3) is 0.429. The minimum Gasteiger partial charge on any atom is -0.366 e. The Bertz CT molecular complexity index is 458. The molecule has 1 rings (SSSR count). The zero-order chi connectivity index (χ0) is 14.4. The van der Waals surface area contributed by atoms with Crippen LogP contribution in [0, 0.1) is 5.92 Å². The van der Waals surface area contributed by atoms with Crippen molar-refractivity contribution in [2.45, 2.75) is 32.9 Å². The van der Waals surface area contributed by atoms with Crippen LogP contribution in [0.1, 0.15) is 36.2 Å². The maximum absolute atomic E-state index is 11.7. The highest BCUT2D eigenvalue weighted by molar-refractivity contribution is 5.92. The predicted octanol–water partition coefficient (Wildman–Crippen LogP) is 0.775. The molecule has 1 atom stereocenters. The van der Waals surface area contributed by atoms with Crippen molar-refractivity contribution in [2.75, 3.05) is 0 Å². The molecule has 0 spiro atoms. The van der Waals surface area contributed by atoms with Gasteiger partial charge in [-0.25, -0.2) is 0 Å². The number of hydrogen-bond donors (Lipinski definition) is 3. The van der Waals surface area contributed by atoms with Gasteiger partial charge >= 0.3 is 0 Å². The Hall–Kier alpha value is -1.88. The van der Waals surface area contributed by atoms with E-state index in [1.54, 1.807) is 18.2 Å². The lowest BCUT2D eigenvalue weighted by molar-refractivity contribution is -0.122. The Kier molecular flexibility index (Phi) is 5.51. The summed E-state index contributed by atoms with van der Waals surface area (Å²) in [6.45, 7) is 4.37. The van der Waals surface area contributed by atoms with Crippen molar-refractivity contribution >= 4 is 11.8 Å². The van der Waals surface area contributed by atoms with Crippen LogP contribution in [0.15, 0.2) is 24.3 Å². The highest BCUT2D eigenvalue weighted by atomic mass is 16.2. The van der Waals surface area contributed by atoms with Gasteiger partial charge in [-0.2, -0.15) is 0 Å². The average Bonchev–Trinajstić information content (AvgIpc) is 2.35. The summed E-state index contributed by atoms with van der Waals surface area (Å²) in [6.07, 6.45) is 0.646. The second-order valence-electron chi connectivity index (χ2n) is 5.02. The molecule has 1 aromatic carbocycles. The second kappa shape index (κ2) is 6.89. The van der Waals surface area contributed by atoms with E-state index in [0.29, 0.717) is 24.4 Å². The molecule has 104 valence electrons. The lowest BCUT2D eigenvalue weighted by Crippen LogP contribution is -2.41. The smallest absolute Gasteiger partial charge is 0.248 e. The first-order valence-electron chi connectivity index (χ1n) is 6.32. The van der Waals surface area contributed by atoms with Crippen LogP contribution in [0.4, 0.5) is 0 Å². The summed E-state index contributed by atoms with van der Waals surface area (Å²) < 4.78 is 0. The van der Waals surface area contributed by atoms with Gasteiger partial charge in [-0.3, -0.25) is 9.59 Å². The van der Waals surface area contributed by atoms with Crippen LogP contribution in [-0.2, 0) is 11.3 Å². The molecule has 0 radical (unpaired) electrons. The molecule has 0 saturated heterocycles. The zero-order valence-corrected chi connectivity index (χ0v) is 11.3. The SMILES string of the molecule is CC(C)C[C@H](N)C(=O)NCc1cccc(C(N)=O)c1. The Morgan fingerprint density at radius 3 is 2.58 bits per heavy atom. The third-order valence-corrected chi connectivity index (χ3v) is 2.74. The first kappa shape index (κ1) is 15.2. The number of amides is 2. The summed E-state index contributed by atoms with van der Waals surface area (Å²) in [6, 6.07) is 6.35. The Morgan fingerprint density at radius 1 is 1.32 bits per heavy atom. The van der Waals surface area contributed by atoms with Crippen LogP contribution in [-0.4, -0.2) is 17.9 Å². The fourth-order valence-corrected chi connectivity index (χ4v) is 1.77. The number of primary amides is 1. The number of carbonyl (C=O) groups is 2. The number of nitrogens with two attached hydrogens (primary N) is 2. The highest BCUT2D eigenvalue weighted by Gasteiger charge is 2.14. The maximum Gasteiger partial charge on any atom is 0.248 e. The first-order chi connectivity index (χ1) is 8.90. The molecule has 0 aliphatic carbocycles. The van der Waals surface area contributed by atoms with Gasteiger partial charge in [0, 0.05) is 12.1 Å². The molecule has 0 aliphatic heterocycles. The van der Waals surface area contributed by atoms with Crippen molar-refractivity contribution in [2.24, 2.45) is 17.4 Å². The largest absolute Gasteiger partial charge is 0.366 e. The van der Waals surface area contributed by atoms with E-state index in [0.717, 1.165) is 5.56 Å². The molecule has 0 bridgehead atoms. The average molecular weight is 263 g/mol. The van der Waals surface area contributed by atoms with Gasteiger partial charge in [-0.05, 0) is 30.0 Å². The molecule has 0 heterocycles. The molecule has 0 aromatic heterocycles. The minimum atomic E-state index is -0.501. The van der Waals surface area contributed by atoms with E-state index in [2.05, 4.69) is 5.32 Å². The van der Waals surface area contributed by atoms with Gasteiger partial charge in [0.05, 0.1) is 6.04 Å². The molecule has 5 nitrogen and oxygen atoms in total. The molecule has 1 aromatic rings. The summed E-state index contributed by atoms with van der Waals surface area (Å²) in [5.74, 6) is -0.290. The van der Waals surface area contributed by atoms with Gasteiger partial charge in [-0.1, -0.05) is 26.0 Å². The van der Waals surface area contributed by atoms with Crippen LogP contribution < -0.4 is 16.8 Å². The summed E-state index contributed by atoms with van der Waals surface area (Å²) in [5.41, 5.74) is 12.2. The molecule has 5 heteroatoms. The van der Waals surface area contributed by atoms with Gasteiger partial charge < -0.3 is 16.8 Å². The van der Waals surface area contributed by atoms with Gasteiger partial charge in [0.15, 0.2) is 0 Å². The molecule has 0 fully saturated rings. The molecular formula is C14H21N3O2. The van der Waals surface area contributed by atoms with E-state index in [9.17, 15) is 9.59 Å². The van der Waals surface area contributed by atoms with Crippen LogP contribution >= 0.6 is 0 Å². The summed E-state index contributed by atoms with van der Waals surface area (Å²) >= 11 is 0. The normalized spacial score (nSPS) is 12.2. The number of hydrogen-bond acceptors (Lipinski definition) is 3. The molecule has 0 saturated carbocycles. The molecular weight excluding hydrogens is 242 g/mol. The molecule has 2 amide bonds. The standard InChI is InChI=1S/C14H21N3O2/c1-9(2)6-12(15)14(19)17-8-10-4-3-5-11(7-10)13(16)18/h3-5,7,9,12H,6,8,15H2,1-2H3,(H2,16,18)(H,17,19)/t12-/m0/s1. The van der Waals surface area contributed by atoms with Gasteiger partial charge in [0.2, 0.25) is 11.8 Å². The lowest BCUT2D eigenvalue weighted by atomic mass is 10.0. The number of carbonyl (C=O) groups excluding carboxylic acids is 2. The Morgan fingerprint density at radius 2 is 2.00 bits per heavy atom. The van der Waals surface area contributed by atoms with Crippen molar-refractivity contribution in [3.05, 3.63) is 35.4 Å². The molecule has 5 N–H and O–H groups in total. The summed E-state index contributed by atoms with van der Waals surface area (Å²) in [4.78, 5) is 22.8. The van der Waals surface area contributed by atoms with Gasteiger partial charge in [0.25, 0.3) is 0 Å². The van der Waals surface area contributed by atoms with E-state index in [1.807, 2.05) is 19.9 Å². The minimum absolute atomic E-state index is 0.182. The van der Waals surface area contributed by atoms with Crippen molar-refractivity contribution < 1.29 is 9.59 Å². The molecule has 0 aliphatic rings. The Labute approximate surface area is 113 Å². The predicted molar refractivity (Wildman–Crippen MR) is 74.2 cm³/mol. The lowest BCUT2D eigenvalue weighted by Gasteiger charge is -2.14. The highest BCUT2D eigenvalue weighted by Crippen LogP contribution is 2.06. The van der Waals surface area contributed by atoms with Crippen molar-refractivity contribution in [1.29, 1.82) is 0 Å². The molecule has 19 heavy (non-hydrogen) atoms. The molecule has 0 unspecified atom stereocenters. The third-order valence-electron chi connectivity index (χ3n) is 2.74. The van der Waals surface area contributed by atoms with E-state index < -0.39 is 11.9 Å². The topological polar surface area (TPSA) is 98.2 Å².